The molecule has 3 aromatic rings. The fourth-order valence-corrected chi connectivity index (χ4v) is 4.32. The molecule has 1 amide bonds. The Morgan fingerprint density at radius 3 is 2.44 bits per heavy atom. The maximum absolute atomic E-state index is 13.0. The molecule has 0 fully saturated rings. The molecule has 4 rings (SSSR count). The van der Waals surface area contributed by atoms with Crippen LogP contribution in [0, 0.1) is 6.92 Å². The van der Waals surface area contributed by atoms with Gasteiger partial charge in [-0.25, -0.2) is 4.79 Å². The van der Waals surface area contributed by atoms with Gasteiger partial charge in [0.1, 0.15) is 5.75 Å². The van der Waals surface area contributed by atoms with Crippen LogP contribution in [-0.2, 0) is 35.1 Å². The predicted molar refractivity (Wildman–Crippen MR) is 129 cm³/mol. The van der Waals surface area contributed by atoms with Crippen molar-refractivity contribution in [1.82, 2.24) is 0 Å². The van der Waals surface area contributed by atoms with Crippen LogP contribution in [0.5, 0.6) is 5.75 Å². The van der Waals surface area contributed by atoms with E-state index >= 15 is 0 Å². The molecule has 188 valence electrons. The van der Waals surface area contributed by atoms with E-state index in [1.165, 1.54) is 17.0 Å². The quantitative estimate of drug-likeness (QED) is 0.364. The number of amides is 1. The standard InChI is InChI=1S/C28H26F3NO4/c1-3-35-26(33)17-36-25-14-8-19(15-18(25)2)7-9-20-5-4-6-23-24(20)16-32(27(23)34)22-12-10-21(11-13-22)28(29,30)31/h4-6,8,10-15H,3,7,9,16-17H2,1-2H3. The van der Waals surface area contributed by atoms with Gasteiger partial charge in [0.05, 0.1) is 18.7 Å². The molecule has 0 N–H and O–H groups in total. The third-order valence-corrected chi connectivity index (χ3v) is 6.14. The van der Waals surface area contributed by atoms with Crippen LogP contribution in [0.15, 0.2) is 60.7 Å². The van der Waals surface area contributed by atoms with E-state index in [1.807, 2.05) is 37.3 Å². The Morgan fingerprint density at radius 2 is 1.78 bits per heavy atom. The summed E-state index contributed by atoms with van der Waals surface area (Å²) in [5.41, 5.74) is 4.17. The number of halogens is 3. The number of carbonyl (C=O) groups is 2. The molecule has 0 bridgehead atoms. The lowest BCUT2D eigenvalue weighted by Gasteiger charge is -2.17. The molecule has 0 aliphatic carbocycles. The minimum atomic E-state index is -4.42. The molecule has 0 saturated heterocycles. The Morgan fingerprint density at radius 1 is 1.03 bits per heavy atom. The molecule has 3 aromatic carbocycles. The number of aryl methyl sites for hydroxylation is 3. The number of anilines is 1. The summed E-state index contributed by atoms with van der Waals surface area (Å²) in [6.07, 6.45) is -3.00. The van der Waals surface area contributed by atoms with E-state index in [1.54, 1.807) is 13.0 Å². The highest BCUT2D eigenvalue weighted by molar-refractivity contribution is 6.10. The Bertz CT molecular complexity index is 1270. The summed E-state index contributed by atoms with van der Waals surface area (Å²) in [7, 11) is 0. The second-order valence-corrected chi connectivity index (χ2v) is 8.57. The topological polar surface area (TPSA) is 55.8 Å². The van der Waals surface area contributed by atoms with Crippen LogP contribution >= 0.6 is 0 Å². The molecule has 1 aliphatic heterocycles. The van der Waals surface area contributed by atoms with Crippen LogP contribution in [0.3, 0.4) is 0 Å². The first-order valence-electron chi connectivity index (χ1n) is 11.6. The molecule has 0 atom stereocenters. The highest BCUT2D eigenvalue weighted by Gasteiger charge is 2.33. The predicted octanol–water partition coefficient (Wildman–Crippen LogP) is 5.90. The summed E-state index contributed by atoms with van der Waals surface area (Å²) in [6, 6.07) is 16.0. The fourth-order valence-electron chi connectivity index (χ4n) is 4.32. The van der Waals surface area contributed by atoms with Crippen molar-refractivity contribution in [2.75, 3.05) is 18.1 Å². The van der Waals surface area contributed by atoms with E-state index in [4.69, 9.17) is 9.47 Å². The second kappa shape index (κ2) is 10.4. The van der Waals surface area contributed by atoms with Crippen LogP contribution in [0.4, 0.5) is 18.9 Å². The molecule has 0 saturated carbocycles. The van der Waals surface area contributed by atoms with Gasteiger partial charge in [0.15, 0.2) is 6.61 Å². The summed E-state index contributed by atoms with van der Waals surface area (Å²) in [4.78, 5) is 26.0. The minimum absolute atomic E-state index is 0.145. The van der Waals surface area contributed by atoms with Gasteiger partial charge >= 0.3 is 12.1 Å². The van der Waals surface area contributed by atoms with Gasteiger partial charge in [0.25, 0.3) is 5.91 Å². The SMILES string of the molecule is CCOC(=O)COc1ccc(CCc2cccc3c2CN(c2ccc(C(F)(F)F)cc2)C3=O)cc1C. The number of nitrogens with zero attached hydrogens (tertiary/aromatic N) is 1. The average molecular weight is 498 g/mol. The number of rotatable bonds is 8. The van der Waals surface area contributed by atoms with E-state index < -0.39 is 17.7 Å². The molecular formula is C28H26F3NO4. The van der Waals surface area contributed by atoms with E-state index in [0.717, 1.165) is 40.8 Å². The van der Waals surface area contributed by atoms with Gasteiger partial charge in [-0.05, 0) is 85.3 Å². The Labute approximate surface area is 207 Å². The number of fused-ring (bicyclic) bond motifs is 1. The molecular weight excluding hydrogens is 471 g/mol. The summed E-state index contributed by atoms with van der Waals surface area (Å²) in [5.74, 6) is -0.0189. The lowest BCUT2D eigenvalue weighted by Crippen LogP contribution is -2.23. The van der Waals surface area contributed by atoms with Gasteiger partial charge in [-0.1, -0.05) is 24.3 Å². The zero-order valence-electron chi connectivity index (χ0n) is 20.0. The largest absolute Gasteiger partial charge is 0.482 e. The molecule has 0 radical (unpaired) electrons. The van der Waals surface area contributed by atoms with E-state index in [9.17, 15) is 22.8 Å². The third kappa shape index (κ3) is 5.53. The van der Waals surface area contributed by atoms with Crippen molar-refractivity contribution >= 4 is 17.6 Å². The van der Waals surface area contributed by atoms with Crippen molar-refractivity contribution in [3.05, 3.63) is 94.0 Å². The normalized spacial score (nSPS) is 13.0. The highest BCUT2D eigenvalue weighted by atomic mass is 19.4. The van der Waals surface area contributed by atoms with Crippen molar-refractivity contribution in [1.29, 1.82) is 0 Å². The lowest BCUT2D eigenvalue weighted by atomic mass is 9.97. The Hall–Kier alpha value is -3.81. The first-order chi connectivity index (χ1) is 17.2. The zero-order valence-corrected chi connectivity index (χ0v) is 20.0. The van der Waals surface area contributed by atoms with Gasteiger partial charge in [-0.2, -0.15) is 13.2 Å². The fraction of sp³-hybridized carbons (Fsp3) is 0.286. The first-order valence-corrected chi connectivity index (χ1v) is 11.6. The Kier molecular flexibility index (Phi) is 7.33. The molecule has 0 spiro atoms. The van der Waals surface area contributed by atoms with Gasteiger partial charge < -0.3 is 14.4 Å². The first kappa shape index (κ1) is 25.3. The molecule has 0 unspecified atom stereocenters. The van der Waals surface area contributed by atoms with Crippen LogP contribution in [0.1, 0.15) is 45.1 Å². The van der Waals surface area contributed by atoms with Crippen LogP contribution in [0.2, 0.25) is 0 Å². The monoisotopic (exact) mass is 497 g/mol. The summed E-state index contributed by atoms with van der Waals surface area (Å²) in [6.45, 7) is 4.12. The maximum atomic E-state index is 13.0. The molecule has 5 nitrogen and oxygen atoms in total. The molecule has 36 heavy (non-hydrogen) atoms. The third-order valence-electron chi connectivity index (χ3n) is 6.14. The van der Waals surface area contributed by atoms with Crippen LogP contribution < -0.4 is 9.64 Å². The van der Waals surface area contributed by atoms with Crippen molar-refractivity contribution in [2.45, 2.75) is 39.4 Å². The number of benzene rings is 3. The number of esters is 1. The van der Waals surface area contributed by atoms with Gasteiger partial charge in [0, 0.05) is 11.3 Å². The average Bonchev–Trinajstić information content (AvgIpc) is 3.19. The smallest absolute Gasteiger partial charge is 0.416 e. The zero-order chi connectivity index (χ0) is 25.9. The number of alkyl halides is 3. The maximum Gasteiger partial charge on any atom is 0.416 e. The molecule has 8 heteroatoms. The van der Waals surface area contributed by atoms with Crippen LogP contribution in [0.25, 0.3) is 0 Å². The van der Waals surface area contributed by atoms with Crippen LogP contribution in [-0.4, -0.2) is 25.1 Å². The molecule has 1 heterocycles. The summed E-state index contributed by atoms with van der Waals surface area (Å²) in [5, 5.41) is 0. The van der Waals surface area contributed by atoms with Crippen molar-refractivity contribution < 1.29 is 32.2 Å². The number of hydrogen-bond donors (Lipinski definition) is 0. The van der Waals surface area contributed by atoms with E-state index in [0.29, 0.717) is 36.6 Å². The van der Waals surface area contributed by atoms with Crippen molar-refractivity contribution in [3.63, 3.8) is 0 Å². The van der Waals surface area contributed by atoms with Gasteiger partial charge in [0.2, 0.25) is 0 Å². The van der Waals surface area contributed by atoms with Crippen molar-refractivity contribution in [2.24, 2.45) is 0 Å². The van der Waals surface area contributed by atoms with Crippen molar-refractivity contribution in [3.8, 4) is 5.75 Å². The molecule has 0 aromatic heterocycles. The number of carbonyl (C=O) groups excluding carboxylic acids is 2. The summed E-state index contributed by atoms with van der Waals surface area (Å²) < 4.78 is 49.1. The number of hydrogen-bond acceptors (Lipinski definition) is 4. The number of ether oxygens (including phenoxy) is 2. The highest BCUT2D eigenvalue weighted by Crippen LogP contribution is 2.34. The molecule has 1 aliphatic rings. The Balaban J connectivity index is 1.44. The minimum Gasteiger partial charge on any atom is -0.482 e. The summed E-state index contributed by atoms with van der Waals surface area (Å²) >= 11 is 0. The lowest BCUT2D eigenvalue weighted by molar-refractivity contribution is -0.145. The van der Waals surface area contributed by atoms with E-state index in [2.05, 4.69) is 0 Å². The van der Waals surface area contributed by atoms with Gasteiger partial charge in [-0.3, -0.25) is 4.79 Å². The van der Waals surface area contributed by atoms with E-state index in [-0.39, 0.29) is 12.5 Å². The second-order valence-electron chi connectivity index (χ2n) is 8.57. The van der Waals surface area contributed by atoms with Gasteiger partial charge in [-0.15, -0.1) is 0 Å².